The van der Waals surface area contributed by atoms with Gasteiger partial charge in [-0.15, -0.1) is 0 Å². The van der Waals surface area contributed by atoms with Crippen molar-refractivity contribution >= 4 is 14.1 Å². The first-order valence-electron chi connectivity index (χ1n) is 4.10. The Morgan fingerprint density at radius 2 is 2.07 bits per heavy atom. The maximum absolute atomic E-state index is 10.4. The van der Waals surface area contributed by atoms with Gasteiger partial charge < -0.3 is 23.6 Å². The third-order valence-electron chi connectivity index (χ3n) is 1.39. The second-order valence-corrected chi connectivity index (χ2v) is 5.22. The third kappa shape index (κ3) is 8.34. The highest BCUT2D eigenvalue weighted by Crippen LogP contribution is 2.33. The lowest BCUT2D eigenvalue weighted by molar-refractivity contribution is -0.873. The molecule has 0 amide bonds. The molecule has 2 atom stereocenters. The Hall–Kier alpha value is -0.260. The number of likely N-dealkylation sites (N-methyl/N-ethyl adjacent to an activating group) is 1. The summed E-state index contributed by atoms with van der Waals surface area (Å²) in [7, 11) is 0.726. The van der Waals surface area contributed by atoms with Gasteiger partial charge in [-0.05, 0) is 0 Å². The first-order valence-corrected chi connectivity index (χ1v) is 5.60. The number of quaternary nitrogens is 1. The Morgan fingerprint density at radius 1 is 1.57 bits per heavy atom. The number of nitrogens with zero attached hydrogens (tertiary/aromatic N) is 1. The minimum atomic E-state index is -4.76. The molecule has 14 heavy (non-hydrogen) atoms. The average molecular weight is 225 g/mol. The van der Waals surface area contributed by atoms with Gasteiger partial charge in [-0.3, -0.25) is 4.57 Å². The Kier molecular flexibility index (Phi) is 4.91. The van der Waals surface area contributed by atoms with Crippen LogP contribution in [-0.4, -0.2) is 49.5 Å². The summed E-state index contributed by atoms with van der Waals surface area (Å²) >= 11 is 0. The van der Waals surface area contributed by atoms with Crippen LogP contribution >= 0.6 is 7.82 Å². The number of phosphoric ester groups is 1. The molecule has 0 rings (SSSR count). The number of phosphoric acid groups is 1. The molecule has 6 nitrogen and oxygen atoms in total. The summed E-state index contributed by atoms with van der Waals surface area (Å²) in [6.45, 7) is 0.325. The molecule has 0 aromatic rings. The molecule has 0 saturated heterocycles. The van der Waals surface area contributed by atoms with Crippen LogP contribution in [0.3, 0.4) is 0 Å². The summed E-state index contributed by atoms with van der Waals surface area (Å²) in [5, 5.41) is 0. The lowest BCUT2D eigenvalue weighted by atomic mass is 10.2. The van der Waals surface area contributed by atoms with E-state index in [1.54, 1.807) is 0 Å². The average Bonchev–Trinajstić information content (AvgIpc) is 1.78. The molecule has 0 radical (unpaired) electrons. The van der Waals surface area contributed by atoms with E-state index in [-0.39, 0.29) is 6.42 Å². The highest BCUT2D eigenvalue weighted by molar-refractivity contribution is 7.44. The van der Waals surface area contributed by atoms with E-state index in [9.17, 15) is 14.3 Å². The zero-order valence-corrected chi connectivity index (χ0v) is 9.44. The van der Waals surface area contributed by atoms with E-state index >= 15 is 0 Å². The number of aldehydes is 1. The van der Waals surface area contributed by atoms with Gasteiger partial charge in [0.05, 0.1) is 21.1 Å². The molecule has 2 unspecified atom stereocenters. The molecule has 0 aromatic heterocycles. The highest BCUT2D eigenvalue weighted by atomic mass is 31.2. The maximum Gasteiger partial charge on any atom is 0.265 e. The van der Waals surface area contributed by atoms with E-state index in [0.29, 0.717) is 17.3 Å². The molecule has 0 fully saturated rings. The van der Waals surface area contributed by atoms with Crippen molar-refractivity contribution in [1.82, 2.24) is 0 Å². The fourth-order valence-electron chi connectivity index (χ4n) is 1.06. The molecule has 0 heterocycles. The molecular formula is C7H16NO5P. The third-order valence-corrected chi connectivity index (χ3v) is 1.96. The van der Waals surface area contributed by atoms with Crippen LogP contribution in [0.25, 0.3) is 0 Å². The molecule has 84 valence electrons. The van der Waals surface area contributed by atoms with Gasteiger partial charge in [0, 0.05) is 6.42 Å². The van der Waals surface area contributed by atoms with Crippen molar-refractivity contribution in [3.8, 4) is 0 Å². The van der Waals surface area contributed by atoms with E-state index in [1.807, 2.05) is 21.1 Å². The number of rotatable bonds is 6. The van der Waals surface area contributed by atoms with E-state index in [1.165, 1.54) is 0 Å². The van der Waals surface area contributed by atoms with Crippen molar-refractivity contribution in [1.29, 1.82) is 0 Å². The zero-order valence-electron chi connectivity index (χ0n) is 8.54. The maximum atomic E-state index is 10.4. The first-order chi connectivity index (χ1) is 6.14. The number of hydrogen-bond acceptors (Lipinski definition) is 4. The summed E-state index contributed by atoms with van der Waals surface area (Å²) < 4.78 is 15.2. The van der Waals surface area contributed by atoms with Crippen molar-refractivity contribution in [2.45, 2.75) is 12.5 Å². The van der Waals surface area contributed by atoms with Gasteiger partial charge in [0.1, 0.15) is 18.9 Å². The molecular weight excluding hydrogens is 209 g/mol. The number of carbonyl (C=O) groups excluding carboxylic acids is 1. The minimum Gasteiger partial charge on any atom is -0.756 e. The van der Waals surface area contributed by atoms with Crippen molar-refractivity contribution < 1.29 is 28.2 Å². The van der Waals surface area contributed by atoms with Gasteiger partial charge in [0.15, 0.2) is 0 Å². The van der Waals surface area contributed by atoms with Crippen LogP contribution in [0.1, 0.15) is 6.42 Å². The number of carbonyl (C=O) groups is 1. The molecule has 0 aliphatic carbocycles. The van der Waals surface area contributed by atoms with Crippen molar-refractivity contribution in [3.63, 3.8) is 0 Å². The molecule has 0 aliphatic heterocycles. The van der Waals surface area contributed by atoms with Crippen LogP contribution in [0.5, 0.6) is 0 Å². The van der Waals surface area contributed by atoms with Crippen molar-refractivity contribution in [2.24, 2.45) is 0 Å². The lowest BCUT2D eigenvalue weighted by Crippen LogP contribution is -2.42. The van der Waals surface area contributed by atoms with E-state index in [2.05, 4.69) is 4.52 Å². The molecule has 1 N–H and O–H groups in total. The van der Waals surface area contributed by atoms with Gasteiger partial charge in [0.25, 0.3) is 7.82 Å². The molecule has 0 spiro atoms. The van der Waals surface area contributed by atoms with Crippen molar-refractivity contribution in [3.05, 3.63) is 0 Å². The zero-order chi connectivity index (χ0) is 11.4. The van der Waals surface area contributed by atoms with Gasteiger partial charge in [0.2, 0.25) is 0 Å². The topological polar surface area (TPSA) is 86.7 Å². The second kappa shape index (κ2) is 5.00. The normalized spacial score (nSPS) is 18.6. The van der Waals surface area contributed by atoms with Crippen LogP contribution in [0, 0.1) is 0 Å². The molecule has 0 saturated carbocycles. The summed E-state index contributed by atoms with van der Waals surface area (Å²) in [6.07, 6.45) is -0.293. The van der Waals surface area contributed by atoms with Crippen LogP contribution in [0.2, 0.25) is 0 Å². The largest absolute Gasteiger partial charge is 0.756 e. The number of hydrogen-bond donors (Lipinski definition) is 1. The van der Waals surface area contributed by atoms with Crippen LogP contribution in [0.15, 0.2) is 0 Å². The van der Waals surface area contributed by atoms with Gasteiger partial charge in [-0.25, -0.2) is 0 Å². The summed E-state index contributed by atoms with van der Waals surface area (Å²) in [5.74, 6) is 0. The molecule has 0 aromatic carbocycles. The predicted octanol–water partition coefficient (Wildman–Crippen LogP) is -0.872. The predicted molar refractivity (Wildman–Crippen MR) is 48.3 cm³/mol. The molecule has 7 heteroatoms. The monoisotopic (exact) mass is 225 g/mol. The Morgan fingerprint density at radius 3 is 2.36 bits per heavy atom. The Labute approximate surface area is 83.3 Å². The van der Waals surface area contributed by atoms with E-state index in [4.69, 9.17) is 4.89 Å². The summed E-state index contributed by atoms with van der Waals surface area (Å²) in [4.78, 5) is 29.1. The van der Waals surface area contributed by atoms with Gasteiger partial charge >= 0.3 is 0 Å². The van der Waals surface area contributed by atoms with Crippen LogP contribution < -0.4 is 4.89 Å². The SMILES string of the molecule is C[N+](C)(C)CC(CC=O)OP(=O)([O-])O. The standard InChI is InChI=1S/C7H16NO5P/c1-8(2,3)6-7(4-5-9)13-14(10,11)12/h5,7H,4,6H2,1-3H3,(H-,10,11,12). The second-order valence-electron chi connectivity index (χ2n) is 4.07. The van der Waals surface area contributed by atoms with Crippen molar-refractivity contribution in [2.75, 3.05) is 27.7 Å². The quantitative estimate of drug-likeness (QED) is 0.360. The van der Waals surface area contributed by atoms with Gasteiger partial charge in [-0.1, -0.05) is 0 Å². The Balaban J connectivity index is 4.30. The Bertz CT molecular complexity index is 231. The minimum absolute atomic E-state index is 0.0533. The van der Waals surface area contributed by atoms with E-state index < -0.39 is 13.9 Å². The molecule has 0 aliphatic rings. The van der Waals surface area contributed by atoms with E-state index in [0.717, 1.165) is 0 Å². The highest BCUT2D eigenvalue weighted by Gasteiger charge is 2.21. The summed E-state index contributed by atoms with van der Waals surface area (Å²) in [6, 6.07) is 0. The first kappa shape index (κ1) is 13.7. The van der Waals surface area contributed by atoms with Gasteiger partial charge in [-0.2, -0.15) is 0 Å². The lowest BCUT2D eigenvalue weighted by Gasteiger charge is -2.30. The summed E-state index contributed by atoms with van der Waals surface area (Å²) in [5.41, 5.74) is 0. The van der Waals surface area contributed by atoms with Crippen LogP contribution in [0.4, 0.5) is 0 Å². The fourth-order valence-corrected chi connectivity index (χ4v) is 1.59. The smallest absolute Gasteiger partial charge is 0.265 e. The van der Waals surface area contributed by atoms with Crippen LogP contribution in [-0.2, 0) is 13.9 Å². The fraction of sp³-hybridized carbons (Fsp3) is 0.857. The molecule has 0 bridgehead atoms.